The van der Waals surface area contributed by atoms with E-state index >= 15 is 0 Å². The van der Waals surface area contributed by atoms with Gasteiger partial charge in [-0.3, -0.25) is 5.10 Å². The Kier molecular flexibility index (Phi) is 4.14. The minimum absolute atomic E-state index is 0.252. The van der Waals surface area contributed by atoms with Crippen molar-refractivity contribution in [2.24, 2.45) is 0 Å². The number of hydrogen-bond donors (Lipinski definition) is 1. The number of rotatable bonds is 1. The summed E-state index contributed by atoms with van der Waals surface area (Å²) in [7, 11) is 0. The summed E-state index contributed by atoms with van der Waals surface area (Å²) in [5.41, 5.74) is 1.06. The molecule has 124 valence electrons. The molecular formula is C15H20ClN5O2. The highest BCUT2D eigenvalue weighted by Crippen LogP contribution is 2.33. The van der Waals surface area contributed by atoms with Gasteiger partial charge in [-0.05, 0) is 33.6 Å². The van der Waals surface area contributed by atoms with E-state index in [-0.39, 0.29) is 12.0 Å². The van der Waals surface area contributed by atoms with Crippen LogP contribution in [0.4, 0.5) is 4.79 Å². The highest BCUT2D eigenvalue weighted by atomic mass is 35.5. The van der Waals surface area contributed by atoms with Crippen LogP contribution in [0.15, 0.2) is 6.33 Å². The Hall–Kier alpha value is -1.89. The van der Waals surface area contributed by atoms with E-state index in [2.05, 4.69) is 20.2 Å². The van der Waals surface area contributed by atoms with Crippen LogP contribution >= 0.6 is 11.6 Å². The highest BCUT2D eigenvalue weighted by Gasteiger charge is 2.29. The van der Waals surface area contributed by atoms with Gasteiger partial charge in [0, 0.05) is 19.0 Å². The second kappa shape index (κ2) is 5.96. The summed E-state index contributed by atoms with van der Waals surface area (Å²) in [6.07, 6.45) is 2.79. The summed E-state index contributed by atoms with van der Waals surface area (Å²) in [6, 6.07) is 0. The number of ether oxygens (including phenoxy) is 1. The summed E-state index contributed by atoms with van der Waals surface area (Å²) in [6.45, 7) is 6.90. The van der Waals surface area contributed by atoms with Gasteiger partial charge in [0.25, 0.3) is 0 Å². The summed E-state index contributed by atoms with van der Waals surface area (Å²) in [5.74, 6) is 0.252. The van der Waals surface area contributed by atoms with Crippen molar-refractivity contribution in [1.29, 1.82) is 0 Å². The van der Waals surface area contributed by atoms with E-state index in [0.717, 1.165) is 23.9 Å². The van der Waals surface area contributed by atoms with Crippen LogP contribution in [0, 0.1) is 0 Å². The molecule has 0 bridgehead atoms. The SMILES string of the molecule is CC(C)(C)OC(=O)N1CCC(c2[nH]nc3ncnc(Cl)c23)CC1. The molecule has 0 spiro atoms. The molecule has 2 aromatic heterocycles. The third-order valence-electron chi connectivity index (χ3n) is 3.89. The predicted octanol–water partition coefficient (Wildman–Crippen LogP) is 3.12. The molecule has 23 heavy (non-hydrogen) atoms. The number of H-pyrrole nitrogens is 1. The Morgan fingerprint density at radius 1 is 1.35 bits per heavy atom. The van der Waals surface area contributed by atoms with Gasteiger partial charge in [0.2, 0.25) is 0 Å². The zero-order valence-corrected chi connectivity index (χ0v) is 14.2. The molecule has 0 atom stereocenters. The van der Waals surface area contributed by atoms with Crippen molar-refractivity contribution in [2.45, 2.75) is 45.1 Å². The van der Waals surface area contributed by atoms with Gasteiger partial charge < -0.3 is 9.64 Å². The van der Waals surface area contributed by atoms with Gasteiger partial charge in [-0.2, -0.15) is 5.10 Å². The summed E-state index contributed by atoms with van der Waals surface area (Å²) >= 11 is 6.18. The second-order valence-corrected chi connectivity index (χ2v) is 7.10. The molecule has 1 amide bonds. The molecule has 0 unspecified atom stereocenters. The molecule has 8 heteroatoms. The number of nitrogens with one attached hydrogen (secondary N) is 1. The van der Waals surface area contributed by atoms with Crippen LogP contribution in [0.3, 0.4) is 0 Å². The highest BCUT2D eigenvalue weighted by molar-refractivity contribution is 6.34. The number of hydrogen-bond acceptors (Lipinski definition) is 5. The monoisotopic (exact) mass is 337 g/mol. The molecule has 0 radical (unpaired) electrons. The zero-order chi connectivity index (χ0) is 16.6. The van der Waals surface area contributed by atoms with Crippen molar-refractivity contribution >= 4 is 28.7 Å². The molecule has 0 aliphatic carbocycles. The van der Waals surface area contributed by atoms with E-state index in [1.165, 1.54) is 6.33 Å². The molecule has 7 nitrogen and oxygen atoms in total. The second-order valence-electron chi connectivity index (χ2n) is 6.74. The number of likely N-dealkylation sites (tertiary alicyclic amines) is 1. The maximum absolute atomic E-state index is 12.1. The maximum atomic E-state index is 12.1. The number of piperidine rings is 1. The summed E-state index contributed by atoms with van der Waals surface area (Å²) in [4.78, 5) is 22.0. The molecule has 2 aromatic rings. The molecule has 1 saturated heterocycles. The van der Waals surface area contributed by atoms with Crippen LogP contribution in [0.2, 0.25) is 5.15 Å². The van der Waals surface area contributed by atoms with Crippen molar-refractivity contribution in [3.63, 3.8) is 0 Å². The van der Waals surface area contributed by atoms with Crippen molar-refractivity contribution < 1.29 is 9.53 Å². The summed E-state index contributed by atoms with van der Waals surface area (Å²) in [5, 5.41) is 8.42. The van der Waals surface area contributed by atoms with E-state index in [4.69, 9.17) is 16.3 Å². The van der Waals surface area contributed by atoms with E-state index in [0.29, 0.717) is 23.9 Å². The fraction of sp³-hybridized carbons (Fsp3) is 0.600. The number of carbonyl (C=O) groups is 1. The largest absolute Gasteiger partial charge is 0.444 e. The number of carbonyl (C=O) groups excluding carboxylic acids is 1. The number of aromatic nitrogens is 4. The first-order valence-corrected chi connectivity index (χ1v) is 8.05. The smallest absolute Gasteiger partial charge is 0.410 e. The third kappa shape index (κ3) is 3.39. The lowest BCUT2D eigenvalue weighted by Gasteiger charge is -2.33. The van der Waals surface area contributed by atoms with Crippen LogP contribution in [0.5, 0.6) is 0 Å². The van der Waals surface area contributed by atoms with Gasteiger partial charge in [0.1, 0.15) is 17.1 Å². The average Bonchev–Trinajstić information content (AvgIpc) is 2.91. The fourth-order valence-electron chi connectivity index (χ4n) is 2.81. The summed E-state index contributed by atoms with van der Waals surface area (Å²) < 4.78 is 5.42. The molecule has 1 aliphatic rings. The van der Waals surface area contributed by atoms with E-state index < -0.39 is 5.60 Å². The Labute approximate surface area is 139 Å². The minimum Gasteiger partial charge on any atom is -0.444 e. The van der Waals surface area contributed by atoms with Gasteiger partial charge in [0.15, 0.2) is 5.65 Å². The Balaban J connectivity index is 1.70. The molecular weight excluding hydrogens is 318 g/mol. The topological polar surface area (TPSA) is 84.0 Å². The molecule has 1 N–H and O–H groups in total. The van der Waals surface area contributed by atoms with Crippen LogP contribution < -0.4 is 0 Å². The predicted molar refractivity (Wildman–Crippen MR) is 86.5 cm³/mol. The fourth-order valence-corrected chi connectivity index (χ4v) is 3.04. The Bertz CT molecular complexity index is 716. The molecule has 1 fully saturated rings. The van der Waals surface area contributed by atoms with Gasteiger partial charge in [-0.25, -0.2) is 14.8 Å². The average molecular weight is 338 g/mol. The first-order chi connectivity index (χ1) is 10.8. The minimum atomic E-state index is -0.474. The van der Waals surface area contributed by atoms with Crippen LogP contribution in [0.1, 0.15) is 45.2 Å². The molecule has 1 aliphatic heterocycles. The van der Waals surface area contributed by atoms with Crippen LogP contribution in [-0.2, 0) is 4.74 Å². The zero-order valence-electron chi connectivity index (χ0n) is 13.5. The van der Waals surface area contributed by atoms with Gasteiger partial charge in [0.05, 0.1) is 11.1 Å². The van der Waals surface area contributed by atoms with Gasteiger partial charge in [-0.15, -0.1) is 0 Å². The standard InChI is InChI=1S/C15H20ClN5O2/c1-15(2,3)23-14(22)21-6-4-9(5-7-21)11-10-12(16)17-8-18-13(10)20-19-11/h8-9H,4-7H2,1-3H3,(H,17,18,19,20). The third-order valence-corrected chi connectivity index (χ3v) is 4.17. The van der Waals surface area contributed by atoms with Crippen LogP contribution in [0.25, 0.3) is 11.0 Å². The lowest BCUT2D eigenvalue weighted by atomic mass is 9.92. The van der Waals surface area contributed by atoms with Crippen molar-refractivity contribution in [2.75, 3.05) is 13.1 Å². The Morgan fingerprint density at radius 2 is 2.04 bits per heavy atom. The number of fused-ring (bicyclic) bond motifs is 1. The first-order valence-electron chi connectivity index (χ1n) is 7.67. The number of halogens is 1. The quantitative estimate of drug-likeness (QED) is 0.808. The van der Waals surface area contributed by atoms with Crippen molar-refractivity contribution in [3.05, 3.63) is 17.2 Å². The number of aromatic amines is 1. The van der Waals surface area contributed by atoms with Crippen molar-refractivity contribution in [1.82, 2.24) is 25.1 Å². The molecule has 3 heterocycles. The normalized spacial score (nSPS) is 16.8. The van der Waals surface area contributed by atoms with Gasteiger partial charge in [-0.1, -0.05) is 11.6 Å². The lowest BCUT2D eigenvalue weighted by molar-refractivity contribution is 0.0204. The van der Waals surface area contributed by atoms with Crippen LogP contribution in [-0.4, -0.2) is 49.8 Å². The van der Waals surface area contributed by atoms with Gasteiger partial charge >= 0.3 is 6.09 Å². The lowest BCUT2D eigenvalue weighted by Crippen LogP contribution is -2.41. The first kappa shape index (κ1) is 16.0. The Morgan fingerprint density at radius 3 is 2.70 bits per heavy atom. The number of amides is 1. The van der Waals surface area contributed by atoms with E-state index in [1.807, 2.05) is 20.8 Å². The molecule has 3 rings (SSSR count). The van der Waals surface area contributed by atoms with E-state index in [1.54, 1.807) is 4.90 Å². The van der Waals surface area contributed by atoms with Crippen molar-refractivity contribution in [3.8, 4) is 0 Å². The molecule has 0 aromatic carbocycles. The maximum Gasteiger partial charge on any atom is 0.410 e. The molecule has 0 saturated carbocycles. The van der Waals surface area contributed by atoms with E-state index in [9.17, 15) is 4.79 Å². The number of nitrogens with zero attached hydrogens (tertiary/aromatic N) is 4.